The van der Waals surface area contributed by atoms with E-state index in [1.807, 2.05) is 62.4 Å². The van der Waals surface area contributed by atoms with Crippen LogP contribution in [0.4, 0.5) is 0 Å². The third kappa shape index (κ3) is 5.35. The van der Waals surface area contributed by atoms with Gasteiger partial charge >= 0.3 is 5.97 Å². The number of aryl methyl sites for hydroxylation is 2. The topological polar surface area (TPSA) is 44.8 Å². The van der Waals surface area contributed by atoms with Crippen molar-refractivity contribution in [3.63, 3.8) is 0 Å². The molecule has 4 heteroatoms. The van der Waals surface area contributed by atoms with Gasteiger partial charge in [0.1, 0.15) is 23.9 Å². The van der Waals surface area contributed by atoms with Crippen LogP contribution in [0.25, 0.3) is 0 Å². The van der Waals surface area contributed by atoms with E-state index < -0.39 is 5.97 Å². The van der Waals surface area contributed by atoms with Crippen LogP contribution in [0.2, 0.25) is 0 Å². The predicted molar refractivity (Wildman–Crippen MR) is 104 cm³/mol. The fourth-order valence-electron chi connectivity index (χ4n) is 2.66. The van der Waals surface area contributed by atoms with E-state index in [2.05, 4.69) is 0 Å². The molecular formula is C23H22O4. The molecule has 0 aliphatic rings. The molecule has 0 radical (unpaired) electrons. The third-order valence-corrected chi connectivity index (χ3v) is 4.05. The first-order valence-corrected chi connectivity index (χ1v) is 8.78. The van der Waals surface area contributed by atoms with Gasteiger partial charge in [0.15, 0.2) is 6.61 Å². The van der Waals surface area contributed by atoms with E-state index in [0.717, 1.165) is 22.4 Å². The lowest BCUT2D eigenvalue weighted by Gasteiger charge is -2.11. The molecule has 27 heavy (non-hydrogen) atoms. The van der Waals surface area contributed by atoms with Crippen LogP contribution in [-0.2, 0) is 11.4 Å². The summed E-state index contributed by atoms with van der Waals surface area (Å²) in [5, 5.41) is 0. The highest BCUT2D eigenvalue weighted by atomic mass is 16.6. The highest BCUT2D eigenvalue weighted by Gasteiger charge is 2.09. The van der Waals surface area contributed by atoms with Crippen LogP contribution in [0.15, 0.2) is 72.8 Å². The molecule has 0 spiro atoms. The fraction of sp³-hybridized carbons (Fsp3) is 0.174. The van der Waals surface area contributed by atoms with Gasteiger partial charge in [0.05, 0.1) is 0 Å². The first-order valence-electron chi connectivity index (χ1n) is 8.78. The smallest absolute Gasteiger partial charge is 0.349 e. The number of esters is 1. The molecule has 138 valence electrons. The Balaban J connectivity index is 1.49. The Bertz CT molecular complexity index is 866. The summed E-state index contributed by atoms with van der Waals surface area (Å²) in [7, 11) is 0. The molecule has 0 saturated heterocycles. The highest BCUT2D eigenvalue weighted by molar-refractivity contribution is 5.74. The van der Waals surface area contributed by atoms with Gasteiger partial charge < -0.3 is 14.2 Å². The van der Waals surface area contributed by atoms with Crippen molar-refractivity contribution in [1.82, 2.24) is 0 Å². The summed E-state index contributed by atoms with van der Waals surface area (Å²) in [6, 6.07) is 22.7. The Morgan fingerprint density at radius 2 is 1.37 bits per heavy atom. The Morgan fingerprint density at radius 3 is 2.04 bits per heavy atom. The van der Waals surface area contributed by atoms with Gasteiger partial charge in [-0.2, -0.15) is 0 Å². The Kier molecular flexibility index (Phi) is 6.10. The standard InChI is InChI=1S/C23H22O4/c1-17-7-6-8-18(2)23(17)26-16-22(24)27-21-13-11-20(12-14-21)25-15-19-9-4-3-5-10-19/h3-14H,15-16H2,1-2H3. The predicted octanol–water partition coefficient (Wildman–Crippen LogP) is 4.87. The van der Waals surface area contributed by atoms with Crippen LogP contribution < -0.4 is 14.2 Å². The minimum atomic E-state index is -0.449. The average molecular weight is 362 g/mol. The van der Waals surface area contributed by atoms with E-state index in [-0.39, 0.29) is 6.61 Å². The quantitative estimate of drug-likeness (QED) is 0.444. The molecule has 0 unspecified atom stereocenters. The second kappa shape index (κ2) is 8.90. The molecule has 0 aromatic heterocycles. The van der Waals surface area contributed by atoms with Crippen molar-refractivity contribution >= 4 is 5.97 Å². The summed E-state index contributed by atoms with van der Waals surface area (Å²) < 4.78 is 16.6. The lowest BCUT2D eigenvalue weighted by atomic mass is 10.1. The van der Waals surface area contributed by atoms with Crippen LogP contribution in [-0.4, -0.2) is 12.6 Å². The van der Waals surface area contributed by atoms with Crippen molar-refractivity contribution in [2.75, 3.05) is 6.61 Å². The van der Waals surface area contributed by atoms with E-state index >= 15 is 0 Å². The van der Waals surface area contributed by atoms with Crippen LogP contribution >= 0.6 is 0 Å². The molecule has 0 aliphatic carbocycles. The third-order valence-electron chi connectivity index (χ3n) is 4.05. The zero-order valence-corrected chi connectivity index (χ0v) is 15.5. The number of benzene rings is 3. The van der Waals surface area contributed by atoms with E-state index in [9.17, 15) is 4.79 Å². The summed E-state index contributed by atoms with van der Waals surface area (Å²) in [6.07, 6.45) is 0. The molecule has 3 aromatic carbocycles. The van der Waals surface area contributed by atoms with Crippen molar-refractivity contribution in [3.05, 3.63) is 89.5 Å². The lowest BCUT2D eigenvalue weighted by molar-refractivity contribution is -0.136. The SMILES string of the molecule is Cc1cccc(C)c1OCC(=O)Oc1ccc(OCc2ccccc2)cc1. The lowest BCUT2D eigenvalue weighted by Crippen LogP contribution is -2.18. The second-order valence-corrected chi connectivity index (χ2v) is 6.23. The zero-order valence-electron chi connectivity index (χ0n) is 15.5. The summed E-state index contributed by atoms with van der Waals surface area (Å²) in [6.45, 7) is 4.24. The van der Waals surface area contributed by atoms with E-state index in [1.54, 1.807) is 24.3 Å². The molecule has 0 saturated carbocycles. The summed E-state index contributed by atoms with van der Waals surface area (Å²) in [5.41, 5.74) is 3.07. The van der Waals surface area contributed by atoms with Crippen molar-refractivity contribution < 1.29 is 19.0 Å². The number of carbonyl (C=O) groups is 1. The normalized spacial score (nSPS) is 10.3. The highest BCUT2D eigenvalue weighted by Crippen LogP contribution is 2.23. The summed E-state index contributed by atoms with van der Waals surface area (Å²) in [5.74, 6) is 1.44. The Hall–Kier alpha value is -3.27. The maximum absolute atomic E-state index is 12.0. The van der Waals surface area contributed by atoms with Crippen LogP contribution in [0, 0.1) is 13.8 Å². The molecule has 0 fully saturated rings. The molecule has 0 bridgehead atoms. The number of hydrogen-bond acceptors (Lipinski definition) is 4. The van der Waals surface area contributed by atoms with Crippen molar-refractivity contribution in [3.8, 4) is 17.2 Å². The molecule has 0 N–H and O–H groups in total. The molecule has 0 amide bonds. The number of rotatable bonds is 7. The van der Waals surface area contributed by atoms with Crippen LogP contribution in [0.1, 0.15) is 16.7 Å². The van der Waals surface area contributed by atoms with Crippen molar-refractivity contribution in [2.24, 2.45) is 0 Å². The van der Waals surface area contributed by atoms with Crippen LogP contribution in [0.3, 0.4) is 0 Å². The Morgan fingerprint density at radius 1 is 0.741 bits per heavy atom. The maximum Gasteiger partial charge on any atom is 0.349 e. The van der Waals surface area contributed by atoms with Crippen molar-refractivity contribution in [1.29, 1.82) is 0 Å². The molecule has 0 atom stereocenters. The average Bonchev–Trinajstić information content (AvgIpc) is 2.68. The summed E-state index contributed by atoms with van der Waals surface area (Å²) >= 11 is 0. The molecule has 4 nitrogen and oxygen atoms in total. The van der Waals surface area contributed by atoms with E-state index in [4.69, 9.17) is 14.2 Å². The number of ether oxygens (including phenoxy) is 3. The van der Waals surface area contributed by atoms with E-state index in [0.29, 0.717) is 18.1 Å². The molecular weight excluding hydrogens is 340 g/mol. The zero-order chi connectivity index (χ0) is 19.1. The van der Waals surface area contributed by atoms with Gasteiger partial charge in [-0.25, -0.2) is 4.79 Å². The largest absolute Gasteiger partial charge is 0.489 e. The van der Waals surface area contributed by atoms with Gasteiger partial charge in [-0.15, -0.1) is 0 Å². The monoisotopic (exact) mass is 362 g/mol. The van der Waals surface area contributed by atoms with Gasteiger partial charge in [0.2, 0.25) is 0 Å². The number of para-hydroxylation sites is 1. The molecule has 0 aliphatic heterocycles. The van der Waals surface area contributed by atoms with Gasteiger partial charge in [-0.1, -0.05) is 48.5 Å². The summed E-state index contributed by atoms with van der Waals surface area (Å²) in [4.78, 5) is 12.0. The van der Waals surface area contributed by atoms with E-state index in [1.165, 1.54) is 0 Å². The molecule has 0 heterocycles. The van der Waals surface area contributed by atoms with Gasteiger partial charge in [0.25, 0.3) is 0 Å². The number of carbonyl (C=O) groups excluding carboxylic acids is 1. The second-order valence-electron chi connectivity index (χ2n) is 6.23. The first kappa shape index (κ1) is 18.5. The molecule has 3 aromatic rings. The first-order chi connectivity index (χ1) is 13.1. The maximum atomic E-state index is 12.0. The van der Waals surface area contributed by atoms with Gasteiger partial charge in [-0.05, 0) is 54.8 Å². The number of hydrogen-bond donors (Lipinski definition) is 0. The minimum absolute atomic E-state index is 0.141. The fourth-order valence-corrected chi connectivity index (χ4v) is 2.66. The van der Waals surface area contributed by atoms with Gasteiger partial charge in [-0.3, -0.25) is 0 Å². The Labute approximate surface area is 159 Å². The van der Waals surface area contributed by atoms with Gasteiger partial charge in [0, 0.05) is 0 Å². The van der Waals surface area contributed by atoms with Crippen LogP contribution in [0.5, 0.6) is 17.2 Å². The molecule has 3 rings (SSSR count). The van der Waals surface area contributed by atoms with Crippen molar-refractivity contribution in [2.45, 2.75) is 20.5 Å². The minimum Gasteiger partial charge on any atom is -0.489 e.